The lowest BCUT2D eigenvalue weighted by Gasteiger charge is -2.42. The third-order valence-corrected chi connectivity index (χ3v) is 5.69. The number of rotatable bonds is 7. The van der Waals surface area contributed by atoms with Gasteiger partial charge >= 0.3 is 0 Å². The molecule has 1 aromatic rings. The molecule has 0 radical (unpaired) electrons. The van der Waals surface area contributed by atoms with Crippen molar-refractivity contribution in [1.82, 2.24) is 20.1 Å². The Morgan fingerprint density at radius 1 is 1.27 bits per heavy atom. The van der Waals surface area contributed by atoms with Crippen LogP contribution >= 0.6 is 0 Å². The summed E-state index contributed by atoms with van der Waals surface area (Å²) in [4.78, 5) is 21.5. The average Bonchev–Trinajstić information content (AvgIpc) is 2.71. The van der Waals surface area contributed by atoms with Gasteiger partial charge in [0.15, 0.2) is 0 Å². The van der Waals surface area contributed by atoms with Crippen molar-refractivity contribution in [2.45, 2.75) is 44.7 Å². The fraction of sp³-hybridized carbons (Fsp3) is 0.700. The minimum absolute atomic E-state index is 0.0880. The Kier molecular flexibility index (Phi) is 7.38. The van der Waals surface area contributed by atoms with Gasteiger partial charge in [-0.1, -0.05) is 6.07 Å². The molecule has 144 valence electrons. The molecule has 2 saturated heterocycles. The molecule has 5 nitrogen and oxygen atoms in total. The minimum atomic E-state index is -0.220. The molecular weight excluding hydrogens is 331 g/mol. The topological polar surface area (TPSA) is 48.5 Å². The third kappa shape index (κ3) is 5.48. The van der Waals surface area contributed by atoms with E-state index in [1.807, 2.05) is 12.1 Å². The Morgan fingerprint density at radius 2 is 2.12 bits per heavy atom. The summed E-state index contributed by atoms with van der Waals surface area (Å²) in [6.45, 7) is 5.29. The highest BCUT2D eigenvalue weighted by molar-refractivity contribution is 5.78. The van der Waals surface area contributed by atoms with Gasteiger partial charge in [-0.25, -0.2) is 0 Å². The lowest BCUT2D eigenvalue weighted by Crippen LogP contribution is -2.50. The second-order valence-electron chi connectivity index (χ2n) is 7.53. The second kappa shape index (κ2) is 9.97. The molecule has 2 aliphatic heterocycles. The number of carbonyl (C=O) groups excluding carboxylic acids is 1. The minimum Gasteiger partial charge on any atom is -0.352 e. The van der Waals surface area contributed by atoms with E-state index in [-0.39, 0.29) is 18.5 Å². The monoisotopic (exact) mass is 362 g/mol. The number of amides is 1. The molecule has 2 fully saturated rings. The molecule has 1 amide bonds. The smallest absolute Gasteiger partial charge is 0.224 e. The molecule has 1 aromatic heterocycles. The first-order valence-corrected chi connectivity index (χ1v) is 9.95. The maximum atomic E-state index is 12.6. The maximum absolute atomic E-state index is 12.6. The molecule has 0 bridgehead atoms. The molecule has 1 N–H and O–H groups in total. The molecule has 6 heteroatoms. The van der Waals surface area contributed by atoms with Gasteiger partial charge in [0, 0.05) is 38.1 Å². The predicted molar refractivity (Wildman–Crippen MR) is 100 cm³/mol. The summed E-state index contributed by atoms with van der Waals surface area (Å²) in [6, 6.07) is 4.45. The summed E-state index contributed by atoms with van der Waals surface area (Å²) >= 11 is 0. The van der Waals surface area contributed by atoms with E-state index in [0.717, 1.165) is 64.0 Å². The summed E-state index contributed by atoms with van der Waals surface area (Å²) in [5, 5.41) is 3.07. The van der Waals surface area contributed by atoms with Crippen LogP contribution in [0.2, 0.25) is 0 Å². The van der Waals surface area contributed by atoms with Gasteiger partial charge in [-0.3, -0.25) is 19.1 Å². The first kappa shape index (κ1) is 19.2. The molecule has 0 spiro atoms. The quantitative estimate of drug-likeness (QED) is 0.808. The molecule has 0 unspecified atom stereocenters. The molecule has 0 aliphatic carbocycles. The van der Waals surface area contributed by atoms with E-state index in [4.69, 9.17) is 0 Å². The summed E-state index contributed by atoms with van der Waals surface area (Å²) < 4.78 is 12.3. The fourth-order valence-corrected chi connectivity index (χ4v) is 4.18. The van der Waals surface area contributed by atoms with E-state index >= 15 is 0 Å². The van der Waals surface area contributed by atoms with Gasteiger partial charge in [0.1, 0.15) is 0 Å². The Hall–Kier alpha value is -1.53. The van der Waals surface area contributed by atoms with Gasteiger partial charge in [0.05, 0.1) is 12.6 Å². The summed E-state index contributed by atoms with van der Waals surface area (Å²) in [6.07, 6.45) is 8.52. The molecule has 26 heavy (non-hydrogen) atoms. The number of pyridine rings is 1. The summed E-state index contributed by atoms with van der Waals surface area (Å²) in [5.41, 5.74) is 1.04. The van der Waals surface area contributed by atoms with Gasteiger partial charge < -0.3 is 10.2 Å². The number of halogens is 1. The number of nitrogens with zero attached hydrogens (tertiary/aromatic N) is 3. The van der Waals surface area contributed by atoms with E-state index in [2.05, 4.69) is 20.1 Å². The molecular formula is C20H31FN4O. The number of hydrogen-bond acceptors (Lipinski definition) is 4. The maximum Gasteiger partial charge on any atom is 0.224 e. The van der Waals surface area contributed by atoms with Crippen molar-refractivity contribution in [1.29, 1.82) is 0 Å². The van der Waals surface area contributed by atoms with Crippen molar-refractivity contribution in [2.75, 3.05) is 39.4 Å². The number of aromatic nitrogens is 1. The second-order valence-corrected chi connectivity index (χ2v) is 7.53. The highest BCUT2D eigenvalue weighted by Crippen LogP contribution is 2.24. The van der Waals surface area contributed by atoms with Crippen LogP contribution < -0.4 is 5.32 Å². The molecule has 3 heterocycles. The molecule has 0 aromatic carbocycles. The molecule has 3 rings (SSSR count). The van der Waals surface area contributed by atoms with Crippen LogP contribution in [0.25, 0.3) is 0 Å². The number of hydrogen-bond donors (Lipinski definition) is 1. The third-order valence-electron chi connectivity index (χ3n) is 5.69. The van der Waals surface area contributed by atoms with Gasteiger partial charge in [0.25, 0.3) is 0 Å². The lowest BCUT2D eigenvalue weighted by atomic mass is 9.93. The largest absolute Gasteiger partial charge is 0.352 e. The van der Waals surface area contributed by atoms with Crippen molar-refractivity contribution >= 4 is 5.91 Å². The predicted octanol–water partition coefficient (Wildman–Crippen LogP) is 2.23. The average molecular weight is 362 g/mol. The summed E-state index contributed by atoms with van der Waals surface area (Å²) in [7, 11) is 0. The highest BCUT2D eigenvalue weighted by Gasteiger charge is 2.31. The van der Waals surface area contributed by atoms with Gasteiger partial charge in [-0.05, 0) is 63.4 Å². The van der Waals surface area contributed by atoms with Crippen LogP contribution in [-0.4, -0.2) is 66.1 Å². The lowest BCUT2D eigenvalue weighted by molar-refractivity contribution is -0.127. The number of piperidine rings is 2. The Labute approximate surface area is 156 Å². The zero-order valence-corrected chi connectivity index (χ0v) is 15.6. The van der Waals surface area contributed by atoms with Crippen molar-refractivity contribution in [2.24, 2.45) is 5.92 Å². The van der Waals surface area contributed by atoms with E-state index in [0.29, 0.717) is 19.0 Å². The van der Waals surface area contributed by atoms with Crippen molar-refractivity contribution in [3.05, 3.63) is 30.1 Å². The number of alkyl halides is 1. The SMILES string of the molecule is O=C(NCc1cccnc1)[C@@H]1CCCN(C2CCN(CCCF)CC2)C1. The number of nitrogens with one attached hydrogen (secondary N) is 1. The Morgan fingerprint density at radius 3 is 2.85 bits per heavy atom. The zero-order valence-electron chi connectivity index (χ0n) is 15.6. The standard InChI is InChI=1S/C20H31FN4O/c21-8-3-10-24-12-6-19(7-13-24)25-11-2-5-18(16-25)20(26)23-15-17-4-1-9-22-14-17/h1,4,9,14,18-19H,2-3,5-8,10-13,15-16H2,(H,23,26)/t18-/m1/s1. The van der Waals surface area contributed by atoms with Crippen LogP contribution in [0.3, 0.4) is 0 Å². The first-order chi connectivity index (χ1) is 12.8. The van der Waals surface area contributed by atoms with Crippen LogP contribution in [0.5, 0.6) is 0 Å². The van der Waals surface area contributed by atoms with Crippen LogP contribution in [0.15, 0.2) is 24.5 Å². The summed E-state index contributed by atoms with van der Waals surface area (Å²) in [5.74, 6) is 0.254. The van der Waals surface area contributed by atoms with Crippen LogP contribution in [0.1, 0.15) is 37.7 Å². The van der Waals surface area contributed by atoms with Crippen LogP contribution in [0.4, 0.5) is 4.39 Å². The van der Waals surface area contributed by atoms with E-state index in [1.54, 1.807) is 12.4 Å². The van der Waals surface area contributed by atoms with Crippen molar-refractivity contribution in [3.8, 4) is 0 Å². The highest BCUT2D eigenvalue weighted by atomic mass is 19.1. The van der Waals surface area contributed by atoms with Gasteiger partial charge in [-0.15, -0.1) is 0 Å². The molecule has 2 aliphatic rings. The van der Waals surface area contributed by atoms with E-state index < -0.39 is 0 Å². The number of carbonyl (C=O) groups is 1. The fourth-order valence-electron chi connectivity index (χ4n) is 4.18. The zero-order chi connectivity index (χ0) is 18.2. The van der Waals surface area contributed by atoms with E-state index in [1.165, 1.54) is 0 Å². The van der Waals surface area contributed by atoms with Gasteiger partial charge in [0.2, 0.25) is 5.91 Å². The van der Waals surface area contributed by atoms with Crippen LogP contribution in [0, 0.1) is 5.92 Å². The first-order valence-electron chi connectivity index (χ1n) is 9.95. The Bertz CT molecular complexity index is 548. The Balaban J connectivity index is 1.43. The molecule has 0 saturated carbocycles. The van der Waals surface area contributed by atoms with Gasteiger partial charge in [-0.2, -0.15) is 0 Å². The number of likely N-dealkylation sites (tertiary alicyclic amines) is 2. The van der Waals surface area contributed by atoms with Crippen LogP contribution in [-0.2, 0) is 11.3 Å². The normalized spacial score (nSPS) is 23.0. The molecule has 1 atom stereocenters. The van der Waals surface area contributed by atoms with E-state index in [9.17, 15) is 9.18 Å². The van der Waals surface area contributed by atoms with Crippen molar-refractivity contribution < 1.29 is 9.18 Å². The van der Waals surface area contributed by atoms with Crippen molar-refractivity contribution in [3.63, 3.8) is 0 Å².